The van der Waals surface area contributed by atoms with Gasteiger partial charge in [-0.25, -0.2) is 0 Å². The van der Waals surface area contributed by atoms with Gasteiger partial charge in [-0.3, -0.25) is 19.3 Å². The second-order valence-electron chi connectivity index (χ2n) is 2.94. The highest BCUT2D eigenvalue weighted by atomic mass is 16.6. The van der Waals surface area contributed by atoms with Crippen LogP contribution in [-0.2, 0) is 19.1 Å². The van der Waals surface area contributed by atoms with Crippen molar-refractivity contribution in [2.45, 2.75) is 0 Å². The van der Waals surface area contributed by atoms with Crippen LogP contribution in [0.4, 0.5) is 0 Å². The molecule has 1 aliphatic heterocycles. The van der Waals surface area contributed by atoms with Crippen LogP contribution in [-0.4, -0.2) is 71.0 Å². The van der Waals surface area contributed by atoms with Gasteiger partial charge >= 0.3 is 17.9 Å². The van der Waals surface area contributed by atoms with Crippen LogP contribution in [0.1, 0.15) is 0 Å². The fourth-order valence-corrected chi connectivity index (χ4v) is 0.742. The van der Waals surface area contributed by atoms with E-state index in [9.17, 15) is 14.4 Å². The Morgan fingerprint density at radius 3 is 1.25 bits per heavy atom. The van der Waals surface area contributed by atoms with E-state index in [1.807, 2.05) is 0 Å². The van der Waals surface area contributed by atoms with Crippen molar-refractivity contribution in [3.8, 4) is 0 Å². The summed E-state index contributed by atoms with van der Waals surface area (Å²) in [6.45, 7) is 0.204. The maximum absolute atomic E-state index is 10.1. The zero-order valence-corrected chi connectivity index (χ0v) is 8.46. The third kappa shape index (κ3) is 12.3. The predicted molar refractivity (Wildman–Crippen MR) is 50.2 cm³/mol. The summed E-state index contributed by atoms with van der Waals surface area (Å²) in [4.78, 5) is 31.2. The first kappa shape index (κ1) is 14.3. The number of hydrogen-bond donors (Lipinski definition) is 3. The van der Waals surface area contributed by atoms with Crippen molar-refractivity contribution in [2.24, 2.45) is 0 Å². The Bertz CT molecular complexity index is 222. The van der Waals surface area contributed by atoms with Crippen molar-refractivity contribution in [2.75, 3.05) is 32.8 Å². The van der Waals surface area contributed by atoms with E-state index < -0.39 is 37.5 Å². The molecule has 1 fully saturated rings. The van der Waals surface area contributed by atoms with Gasteiger partial charge in [0, 0.05) is 0 Å². The summed E-state index contributed by atoms with van der Waals surface area (Å²) in [6.07, 6.45) is 0. The van der Waals surface area contributed by atoms with Crippen LogP contribution in [0.3, 0.4) is 0 Å². The number of ether oxygens (including phenoxy) is 1. The largest absolute Gasteiger partial charge is 0.480 e. The van der Waals surface area contributed by atoms with Crippen LogP contribution in [0.5, 0.6) is 0 Å². The number of carboxylic acids is 3. The third-order valence-corrected chi connectivity index (χ3v) is 1.28. The summed E-state index contributed by atoms with van der Waals surface area (Å²) in [7, 11) is 0. The van der Waals surface area contributed by atoms with E-state index in [1.165, 1.54) is 0 Å². The first-order chi connectivity index (χ1) is 7.41. The molecule has 8 heteroatoms. The standard InChI is InChI=1S/C6H9NO6.C2H4O/c8-4(9)1-7(2-5(10)11)3-6(12)13;1-2-3-1/h1-3H2,(H,8,9)(H,10,11)(H,12,13);1-2H2. The molecule has 1 rings (SSSR count). The average molecular weight is 235 g/mol. The monoisotopic (exact) mass is 235 g/mol. The molecule has 0 amide bonds. The van der Waals surface area contributed by atoms with Gasteiger partial charge in [0.1, 0.15) is 0 Å². The van der Waals surface area contributed by atoms with Gasteiger partial charge in [-0.2, -0.15) is 0 Å². The lowest BCUT2D eigenvalue weighted by Crippen LogP contribution is -2.38. The summed E-state index contributed by atoms with van der Waals surface area (Å²) in [5, 5.41) is 24.8. The molecule has 16 heavy (non-hydrogen) atoms. The lowest BCUT2D eigenvalue weighted by Gasteiger charge is -2.14. The number of epoxide rings is 1. The molecule has 0 aliphatic carbocycles. The lowest BCUT2D eigenvalue weighted by atomic mass is 10.4. The van der Waals surface area contributed by atoms with Crippen LogP contribution in [0.2, 0.25) is 0 Å². The predicted octanol–water partition coefficient (Wildman–Crippen LogP) is -1.44. The molecule has 92 valence electrons. The molecule has 0 saturated carbocycles. The van der Waals surface area contributed by atoms with E-state index in [2.05, 4.69) is 4.74 Å². The number of carboxylic acid groups (broad SMARTS) is 3. The van der Waals surface area contributed by atoms with Gasteiger partial charge in [0.05, 0.1) is 32.8 Å². The molecule has 0 aromatic rings. The molecule has 1 aliphatic rings. The first-order valence-electron chi connectivity index (χ1n) is 4.37. The van der Waals surface area contributed by atoms with Gasteiger partial charge in [0.2, 0.25) is 0 Å². The Morgan fingerprint density at radius 1 is 0.875 bits per heavy atom. The van der Waals surface area contributed by atoms with Gasteiger partial charge in [-0.15, -0.1) is 0 Å². The molecular formula is C8H13NO7. The second kappa shape index (κ2) is 7.60. The topological polar surface area (TPSA) is 128 Å². The summed E-state index contributed by atoms with van der Waals surface area (Å²) in [6, 6.07) is 0. The minimum absolute atomic E-state index is 0.599. The number of aliphatic carboxylic acids is 3. The second-order valence-corrected chi connectivity index (χ2v) is 2.94. The normalized spacial score (nSPS) is 12.6. The van der Waals surface area contributed by atoms with Crippen LogP contribution in [0.15, 0.2) is 0 Å². The maximum atomic E-state index is 10.1. The zero-order valence-electron chi connectivity index (χ0n) is 8.46. The fraction of sp³-hybridized carbons (Fsp3) is 0.625. The molecule has 0 radical (unpaired) electrons. The molecule has 0 bridgehead atoms. The van der Waals surface area contributed by atoms with Crippen LogP contribution in [0, 0.1) is 0 Å². The molecule has 3 N–H and O–H groups in total. The van der Waals surface area contributed by atoms with E-state index in [1.54, 1.807) is 0 Å². The van der Waals surface area contributed by atoms with E-state index in [0.29, 0.717) is 0 Å². The summed E-state index contributed by atoms with van der Waals surface area (Å²) >= 11 is 0. The molecule has 0 aromatic carbocycles. The Kier molecular flexibility index (Phi) is 6.81. The maximum Gasteiger partial charge on any atom is 0.317 e. The number of rotatable bonds is 6. The first-order valence-corrected chi connectivity index (χ1v) is 4.37. The van der Waals surface area contributed by atoms with Crippen molar-refractivity contribution in [3.63, 3.8) is 0 Å². The van der Waals surface area contributed by atoms with E-state index >= 15 is 0 Å². The number of carbonyl (C=O) groups is 3. The molecular weight excluding hydrogens is 222 g/mol. The van der Waals surface area contributed by atoms with Gasteiger partial charge in [-0.05, 0) is 0 Å². The van der Waals surface area contributed by atoms with Gasteiger partial charge in [-0.1, -0.05) is 0 Å². The van der Waals surface area contributed by atoms with Gasteiger partial charge in [0.15, 0.2) is 0 Å². The van der Waals surface area contributed by atoms with Crippen LogP contribution < -0.4 is 0 Å². The molecule has 0 atom stereocenters. The Morgan fingerprint density at radius 2 is 1.12 bits per heavy atom. The third-order valence-electron chi connectivity index (χ3n) is 1.28. The van der Waals surface area contributed by atoms with Gasteiger partial charge < -0.3 is 20.1 Å². The minimum Gasteiger partial charge on any atom is -0.480 e. The fourth-order valence-electron chi connectivity index (χ4n) is 0.742. The number of nitrogens with zero attached hydrogens (tertiary/aromatic N) is 1. The molecule has 1 saturated heterocycles. The average Bonchev–Trinajstić information content (AvgIpc) is 2.83. The quantitative estimate of drug-likeness (QED) is 0.477. The Labute approximate surface area is 91.0 Å². The van der Waals surface area contributed by atoms with Crippen LogP contribution in [0.25, 0.3) is 0 Å². The lowest BCUT2D eigenvalue weighted by molar-refractivity contribution is -0.144. The molecule has 0 unspecified atom stereocenters. The highest BCUT2D eigenvalue weighted by molar-refractivity contribution is 5.75. The Hall–Kier alpha value is -1.67. The van der Waals surface area contributed by atoms with Crippen molar-refractivity contribution >= 4 is 17.9 Å². The Balaban J connectivity index is 0.000000635. The van der Waals surface area contributed by atoms with Crippen LogP contribution >= 0.6 is 0 Å². The van der Waals surface area contributed by atoms with Crippen molar-refractivity contribution in [1.82, 2.24) is 4.90 Å². The summed E-state index contributed by atoms with van der Waals surface area (Å²) in [5.74, 6) is -3.78. The molecule has 0 spiro atoms. The molecule has 1 heterocycles. The zero-order chi connectivity index (χ0) is 12.6. The molecule has 0 aromatic heterocycles. The minimum atomic E-state index is -1.26. The summed E-state index contributed by atoms with van der Waals surface area (Å²) in [5.41, 5.74) is 0. The smallest absolute Gasteiger partial charge is 0.317 e. The highest BCUT2D eigenvalue weighted by Crippen LogP contribution is 1.87. The van der Waals surface area contributed by atoms with E-state index in [-0.39, 0.29) is 0 Å². The van der Waals surface area contributed by atoms with E-state index in [4.69, 9.17) is 15.3 Å². The van der Waals surface area contributed by atoms with Crippen molar-refractivity contribution in [1.29, 1.82) is 0 Å². The van der Waals surface area contributed by atoms with Crippen molar-refractivity contribution < 1.29 is 34.4 Å². The number of hydrogen-bond acceptors (Lipinski definition) is 5. The van der Waals surface area contributed by atoms with Gasteiger partial charge in [0.25, 0.3) is 0 Å². The molecule has 8 nitrogen and oxygen atoms in total. The van der Waals surface area contributed by atoms with Crippen molar-refractivity contribution in [3.05, 3.63) is 0 Å². The highest BCUT2D eigenvalue weighted by Gasteiger charge is 2.15. The van der Waals surface area contributed by atoms with E-state index in [0.717, 1.165) is 18.1 Å². The summed E-state index contributed by atoms with van der Waals surface area (Å²) < 4.78 is 4.50. The SMILES string of the molecule is C1CO1.O=C(O)CN(CC(=O)O)CC(=O)O.